The SMILES string of the molecule is CC(C)(C[C@@]1(C(F)(F)F)C[C@@H]1C(N)=O)c1cc(F)cc2c1OCC2. The number of amides is 1. The van der Waals surface area contributed by atoms with Gasteiger partial charge in [-0.3, -0.25) is 4.79 Å². The highest BCUT2D eigenvalue weighted by molar-refractivity contribution is 5.81. The van der Waals surface area contributed by atoms with Crippen molar-refractivity contribution in [3.8, 4) is 5.75 Å². The number of alkyl halides is 3. The Kier molecular flexibility index (Phi) is 3.62. The Morgan fingerprint density at radius 3 is 2.58 bits per heavy atom. The molecule has 1 saturated carbocycles. The van der Waals surface area contributed by atoms with Crippen molar-refractivity contribution >= 4 is 5.91 Å². The van der Waals surface area contributed by atoms with E-state index in [0.717, 1.165) is 0 Å². The van der Waals surface area contributed by atoms with E-state index in [1.807, 2.05) is 0 Å². The highest BCUT2D eigenvalue weighted by Gasteiger charge is 2.73. The summed E-state index contributed by atoms with van der Waals surface area (Å²) in [4.78, 5) is 11.3. The van der Waals surface area contributed by atoms with Crippen LogP contribution in [0.2, 0.25) is 0 Å². The number of carbonyl (C=O) groups is 1. The average molecular weight is 345 g/mol. The number of nitrogens with two attached hydrogens (primary N) is 1. The van der Waals surface area contributed by atoms with Crippen molar-refractivity contribution in [1.29, 1.82) is 0 Å². The molecule has 1 aliphatic carbocycles. The van der Waals surface area contributed by atoms with Gasteiger partial charge in [0.1, 0.15) is 11.6 Å². The van der Waals surface area contributed by atoms with Crippen LogP contribution in [0.15, 0.2) is 12.1 Å². The molecular formula is C17H19F4NO2. The van der Waals surface area contributed by atoms with Crippen molar-refractivity contribution in [2.75, 3.05) is 6.61 Å². The van der Waals surface area contributed by atoms with Crippen LogP contribution in [0.4, 0.5) is 17.6 Å². The number of benzene rings is 1. The number of fused-ring (bicyclic) bond motifs is 1. The number of rotatable bonds is 4. The molecule has 1 aromatic rings. The predicted octanol–water partition coefficient (Wildman–Crippen LogP) is 3.48. The standard InChI is InChI=1S/C17H19F4NO2/c1-15(2,8-16(17(19,20)21)7-12(16)14(22)23)11-6-10(18)5-9-3-4-24-13(9)11/h5-6,12H,3-4,7-8H2,1-2H3,(H2,22,23)/t12-,16+/m1/s1. The molecule has 0 unspecified atom stereocenters. The Hall–Kier alpha value is -1.79. The summed E-state index contributed by atoms with van der Waals surface area (Å²) in [5.41, 5.74) is 3.04. The molecule has 0 saturated heterocycles. The third-order valence-electron chi connectivity index (χ3n) is 5.22. The van der Waals surface area contributed by atoms with E-state index in [-0.39, 0.29) is 12.8 Å². The van der Waals surface area contributed by atoms with Gasteiger partial charge in [-0.1, -0.05) is 13.8 Å². The molecule has 1 aliphatic heterocycles. The first-order valence-electron chi connectivity index (χ1n) is 7.80. The summed E-state index contributed by atoms with van der Waals surface area (Å²) in [6, 6.07) is 2.58. The predicted molar refractivity (Wildman–Crippen MR) is 79.0 cm³/mol. The minimum atomic E-state index is -4.54. The normalized spacial score (nSPS) is 26.0. The van der Waals surface area contributed by atoms with E-state index < -0.39 is 34.6 Å². The highest BCUT2D eigenvalue weighted by atomic mass is 19.4. The van der Waals surface area contributed by atoms with Crippen LogP contribution in [-0.2, 0) is 16.6 Å². The third kappa shape index (κ3) is 2.54. The molecule has 1 fully saturated rings. The molecule has 0 radical (unpaired) electrons. The monoisotopic (exact) mass is 345 g/mol. The second-order valence-electron chi connectivity index (χ2n) is 7.41. The number of primary amides is 1. The lowest BCUT2D eigenvalue weighted by Crippen LogP contribution is -2.36. The number of hydrogen-bond acceptors (Lipinski definition) is 2. The summed E-state index contributed by atoms with van der Waals surface area (Å²) in [6.07, 6.45) is -4.66. The van der Waals surface area contributed by atoms with Crippen LogP contribution in [0.1, 0.15) is 37.8 Å². The summed E-state index contributed by atoms with van der Waals surface area (Å²) in [6.45, 7) is 3.62. The second-order valence-corrected chi connectivity index (χ2v) is 7.41. The topological polar surface area (TPSA) is 52.3 Å². The molecule has 0 aromatic heterocycles. The zero-order valence-electron chi connectivity index (χ0n) is 13.5. The Morgan fingerprint density at radius 2 is 2.04 bits per heavy atom. The molecule has 3 nitrogen and oxygen atoms in total. The van der Waals surface area contributed by atoms with Gasteiger partial charge < -0.3 is 10.5 Å². The van der Waals surface area contributed by atoms with Gasteiger partial charge in [0.2, 0.25) is 5.91 Å². The Labute approximate surface area is 137 Å². The van der Waals surface area contributed by atoms with Gasteiger partial charge in [-0.25, -0.2) is 4.39 Å². The second kappa shape index (κ2) is 5.10. The summed E-state index contributed by atoms with van der Waals surface area (Å²) in [5.74, 6) is -2.19. The maximum atomic E-state index is 13.9. The largest absolute Gasteiger partial charge is 0.493 e. The minimum absolute atomic E-state index is 0.312. The third-order valence-corrected chi connectivity index (χ3v) is 5.22. The summed E-state index contributed by atoms with van der Waals surface area (Å²) in [7, 11) is 0. The molecule has 1 amide bonds. The van der Waals surface area contributed by atoms with Crippen molar-refractivity contribution < 1.29 is 27.1 Å². The number of halogens is 4. The molecule has 0 spiro atoms. The molecule has 24 heavy (non-hydrogen) atoms. The smallest absolute Gasteiger partial charge is 0.395 e. The first-order valence-corrected chi connectivity index (χ1v) is 7.80. The first-order chi connectivity index (χ1) is 11.0. The van der Waals surface area contributed by atoms with Gasteiger partial charge in [-0.05, 0) is 30.4 Å². The van der Waals surface area contributed by atoms with Crippen LogP contribution in [0.3, 0.4) is 0 Å². The quantitative estimate of drug-likeness (QED) is 0.850. The molecule has 132 valence electrons. The van der Waals surface area contributed by atoms with E-state index in [1.165, 1.54) is 12.1 Å². The van der Waals surface area contributed by atoms with E-state index in [1.54, 1.807) is 13.8 Å². The lowest BCUT2D eigenvalue weighted by atomic mass is 9.73. The van der Waals surface area contributed by atoms with Crippen LogP contribution >= 0.6 is 0 Å². The van der Waals surface area contributed by atoms with Gasteiger partial charge in [0.15, 0.2) is 0 Å². The van der Waals surface area contributed by atoms with E-state index >= 15 is 0 Å². The van der Waals surface area contributed by atoms with Crippen LogP contribution in [0, 0.1) is 17.2 Å². The van der Waals surface area contributed by atoms with Crippen molar-refractivity contribution in [3.63, 3.8) is 0 Å². The van der Waals surface area contributed by atoms with Gasteiger partial charge in [0.05, 0.1) is 17.9 Å². The Morgan fingerprint density at radius 1 is 1.38 bits per heavy atom. The van der Waals surface area contributed by atoms with Gasteiger partial charge in [0, 0.05) is 17.5 Å². The molecule has 0 bridgehead atoms. The number of carbonyl (C=O) groups excluding carboxylic acids is 1. The maximum absolute atomic E-state index is 13.9. The molecule has 1 aromatic carbocycles. The van der Waals surface area contributed by atoms with E-state index in [9.17, 15) is 22.4 Å². The summed E-state index contributed by atoms with van der Waals surface area (Å²) >= 11 is 0. The van der Waals surface area contributed by atoms with Crippen LogP contribution in [0.25, 0.3) is 0 Å². The fraction of sp³-hybridized carbons (Fsp3) is 0.588. The summed E-state index contributed by atoms with van der Waals surface area (Å²) < 4.78 is 60.2. The van der Waals surface area contributed by atoms with Gasteiger partial charge >= 0.3 is 6.18 Å². The first kappa shape index (κ1) is 17.0. The Bertz CT molecular complexity index is 699. The Balaban J connectivity index is 1.99. The molecule has 3 rings (SSSR count). The van der Waals surface area contributed by atoms with Crippen molar-refractivity contribution in [1.82, 2.24) is 0 Å². The zero-order chi connectivity index (χ0) is 17.9. The number of hydrogen-bond donors (Lipinski definition) is 1. The lowest BCUT2D eigenvalue weighted by Gasteiger charge is -2.33. The average Bonchev–Trinajstić information content (AvgIpc) is 2.98. The van der Waals surface area contributed by atoms with E-state index in [4.69, 9.17) is 10.5 Å². The molecule has 2 aliphatic rings. The van der Waals surface area contributed by atoms with Gasteiger partial charge in [-0.15, -0.1) is 0 Å². The van der Waals surface area contributed by atoms with Crippen molar-refractivity contribution in [3.05, 3.63) is 29.1 Å². The molecule has 2 N–H and O–H groups in total. The van der Waals surface area contributed by atoms with Gasteiger partial charge in [-0.2, -0.15) is 13.2 Å². The molecule has 1 heterocycles. The van der Waals surface area contributed by atoms with E-state index in [2.05, 4.69) is 0 Å². The van der Waals surface area contributed by atoms with Gasteiger partial charge in [0.25, 0.3) is 0 Å². The fourth-order valence-corrected chi connectivity index (χ4v) is 3.94. The zero-order valence-corrected chi connectivity index (χ0v) is 13.5. The van der Waals surface area contributed by atoms with Crippen LogP contribution < -0.4 is 10.5 Å². The van der Waals surface area contributed by atoms with Crippen molar-refractivity contribution in [2.24, 2.45) is 17.1 Å². The van der Waals surface area contributed by atoms with Crippen molar-refractivity contribution in [2.45, 2.75) is 44.7 Å². The summed E-state index contributed by atoms with van der Waals surface area (Å²) in [5, 5.41) is 0. The van der Waals surface area contributed by atoms with Crippen LogP contribution in [-0.4, -0.2) is 18.7 Å². The fourth-order valence-electron chi connectivity index (χ4n) is 3.94. The molecular weight excluding hydrogens is 326 g/mol. The number of ether oxygens (including phenoxy) is 1. The maximum Gasteiger partial charge on any atom is 0.395 e. The highest BCUT2D eigenvalue weighted by Crippen LogP contribution is 2.67. The van der Waals surface area contributed by atoms with E-state index in [0.29, 0.717) is 29.9 Å². The minimum Gasteiger partial charge on any atom is -0.493 e. The lowest BCUT2D eigenvalue weighted by molar-refractivity contribution is -0.198. The molecule has 7 heteroatoms. The van der Waals surface area contributed by atoms with Crippen LogP contribution in [0.5, 0.6) is 5.75 Å². The molecule has 2 atom stereocenters.